The van der Waals surface area contributed by atoms with Gasteiger partial charge in [-0.2, -0.15) is 0 Å². The minimum absolute atomic E-state index is 0.0555. The molecule has 0 spiro atoms. The molecule has 3 rings (SSSR count). The van der Waals surface area contributed by atoms with Crippen LogP contribution in [-0.2, 0) is 4.79 Å². The molecule has 0 saturated heterocycles. The summed E-state index contributed by atoms with van der Waals surface area (Å²) < 4.78 is 1.10. The number of thioether (sulfide) groups is 1. The normalized spacial score (nSPS) is 11.2. The number of aromatic nitrogens is 1. The number of carbonyl (C=O) groups is 1. The van der Waals surface area contributed by atoms with E-state index in [1.165, 1.54) is 28.7 Å². The first-order valence-electron chi connectivity index (χ1n) is 7.60. The van der Waals surface area contributed by atoms with Gasteiger partial charge in [0.05, 0.1) is 16.0 Å². The molecule has 3 aromatic rings. The third kappa shape index (κ3) is 4.09. The van der Waals surface area contributed by atoms with Gasteiger partial charge in [-0.1, -0.05) is 48.9 Å². The lowest BCUT2D eigenvalue weighted by atomic mass is 10.0. The maximum atomic E-state index is 12.2. The van der Waals surface area contributed by atoms with Gasteiger partial charge in [0, 0.05) is 9.92 Å². The highest BCUT2D eigenvalue weighted by Crippen LogP contribution is 2.31. The van der Waals surface area contributed by atoms with Gasteiger partial charge in [-0.15, -0.1) is 11.8 Å². The van der Waals surface area contributed by atoms with Gasteiger partial charge < -0.3 is 5.32 Å². The van der Waals surface area contributed by atoms with Crippen molar-refractivity contribution in [2.75, 3.05) is 11.1 Å². The first kappa shape index (κ1) is 17.3. The molecule has 0 aliphatic heterocycles. The summed E-state index contributed by atoms with van der Waals surface area (Å²) in [5.74, 6) is 0.689. The first-order chi connectivity index (χ1) is 11.5. The molecule has 2 aromatic carbocycles. The predicted molar refractivity (Wildman–Crippen MR) is 105 cm³/mol. The van der Waals surface area contributed by atoms with Crippen molar-refractivity contribution < 1.29 is 4.79 Å². The number of nitrogens with one attached hydrogen (secondary N) is 1. The largest absolute Gasteiger partial charge is 0.301 e. The Hall–Kier alpha value is -1.56. The Balaban J connectivity index is 1.67. The molecule has 0 unspecified atom stereocenters. The molecular weight excluding hydrogens is 360 g/mol. The van der Waals surface area contributed by atoms with E-state index in [1.807, 2.05) is 36.4 Å². The SMILES string of the molecule is CC(C)c1cccc2sc(NC(=O)CSc3ccc(Cl)cc3)nc12. The van der Waals surface area contributed by atoms with Crippen LogP contribution in [0.1, 0.15) is 25.3 Å². The van der Waals surface area contributed by atoms with Crippen LogP contribution in [0.25, 0.3) is 10.2 Å². The Morgan fingerprint density at radius 1 is 1.25 bits per heavy atom. The van der Waals surface area contributed by atoms with Gasteiger partial charge in [0.25, 0.3) is 0 Å². The van der Waals surface area contributed by atoms with Crippen molar-refractivity contribution in [3.63, 3.8) is 0 Å². The van der Waals surface area contributed by atoms with Gasteiger partial charge in [0.15, 0.2) is 5.13 Å². The monoisotopic (exact) mass is 376 g/mol. The Labute approximate surface area is 154 Å². The summed E-state index contributed by atoms with van der Waals surface area (Å²) in [6.07, 6.45) is 0. The molecule has 0 aliphatic carbocycles. The lowest BCUT2D eigenvalue weighted by Gasteiger charge is -2.04. The maximum Gasteiger partial charge on any atom is 0.236 e. The van der Waals surface area contributed by atoms with Crippen LogP contribution in [0.4, 0.5) is 5.13 Å². The molecule has 1 aromatic heterocycles. The zero-order chi connectivity index (χ0) is 17.1. The van der Waals surface area contributed by atoms with E-state index in [4.69, 9.17) is 11.6 Å². The summed E-state index contributed by atoms with van der Waals surface area (Å²) in [6, 6.07) is 13.6. The topological polar surface area (TPSA) is 42.0 Å². The highest BCUT2D eigenvalue weighted by molar-refractivity contribution is 8.00. The lowest BCUT2D eigenvalue weighted by Crippen LogP contribution is -2.13. The molecule has 0 radical (unpaired) electrons. The summed E-state index contributed by atoms with van der Waals surface area (Å²) in [4.78, 5) is 17.8. The number of fused-ring (bicyclic) bond motifs is 1. The molecule has 6 heteroatoms. The van der Waals surface area contributed by atoms with Gasteiger partial charge in [0.2, 0.25) is 5.91 Å². The van der Waals surface area contributed by atoms with Crippen LogP contribution in [0.15, 0.2) is 47.4 Å². The van der Waals surface area contributed by atoms with Crippen LogP contribution in [0.3, 0.4) is 0 Å². The number of anilines is 1. The summed E-state index contributed by atoms with van der Waals surface area (Å²) in [5.41, 5.74) is 2.19. The third-order valence-corrected chi connectivity index (χ3v) is 5.70. The summed E-state index contributed by atoms with van der Waals surface area (Å²) >= 11 is 8.85. The molecule has 1 heterocycles. The standard InChI is InChI=1S/C18H17ClN2OS2/c1-11(2)14-4-3-5-15-17(14)21-18(24-15)20-16(22)10-23-13-8-6-12(19)7-9-13/h3-9,11H,10H2,1-2H3,(H,20,21,22). The summed E-state index contributed by atoms with van der Waals surface area (Å²) in [5, 5.41) is 4.25. The summed E-state index contributed by atoms with van der Waals surface area (Å²) in [7, 11) is 0. The Morgan fingerprint density at radius 3 is 2.71 bits per heavy atom. The average Bonchev–Trinajstić information content (AvgIpc) is 2.96. The van der Waals surface area contributed by atoms with Crippen molar-refractivity contribution in [3.8, 4) is 0 Å². The van der Waals surface area contributed by atoms with E-state index < -0.39 is 0 Å². The number of para-hydroxylation sites is 1. The van der Waals surface area contributed by atoms with Crippen LogP contribution in [0.2, 0.25) is 5.02 Å². The molecule has 0 saturated carbocycles. The van der Waals surface area contributed by atoms with Gasteiger partial charge in [0.1, 0.15) is 0 Å². The zero-order valence-electron chi connectivity index (χ0n) is 13.4. The number of rotatable bonds is 5. The average molecular weight is 377 g/mol. The smallest absolute Gasteiger partial charge is 0.236 e. The van der Waals surface area contributed by atoms with Crippen LogP contribution in [0.5, 0.6) is 0 Å². The van der Waals surface area contributed by atoms with Gasteiger partial charge in [-0.05, 0) is 41.8 Å². The van der Waals surface area contributed by atoms with Gasteiger partial charge in [-0.3, -0.25) is 4.79 Å². The van der Waals surface area contributed by atoms with E-state index in [-0.39, 0.29) is 5.91 Å². The second kappa shape index (κ2) is 7.55. The molecule has 24 heavy (non-hydrogen) atoms. The number of benzene rings is 2. The number of carbonyl (C=O) groups excluding carboxylic acids is 1. The van der Waals surface area contributed by atoms with E-state index >= 15 is 0 Å². The summed E-state index contributed by atoms with van der Waals surface area (Å²) in [6.45, 7) is 4.30. The molecule has 0 bridgehead atoms. The molecule has 0 aliphatic rings. The molecular formula is C18H17ClN2OS2. The highest BCUT2D eigenvalue weighted by atomic mass is 35.5. The highest BCUT2D eigenvalue weighted by Gasteiger charge is 2.12. The van der Waals surface area contributed by atoms with Crippen LogP contribution in [-0.4, -0.2) is 16.6 Å². The Morgan fingerprint density at radius 2 is 2.00 bits per heavy atom. The molecule has 0 fully saturated rings. The second-order valence-corrected chi connectivity index (χ2v) is 8.17. The quantitative estimate of drug-likeness (QED) is 0.572. The van der Waals surface area contributed by atoms with Gasteiger partial charge in [-0.25, -0.2) is 4.98 Å². The first-order valence-corrected chi connectivity index (χ1v) is 9.78. The molecule has 124 valence electrons. The Kier molecular flexibility index (Phi) is 5.43. The fraction of sp³-hybridized carbons (Fsp3) is 0.222. The van der Waals surface area contributed by atoms with Crippen LogP contribution in [0, 0.1) is 0 Å². The minimum Gasteiger partial charge on any atom is -0.301 e. The number of amides is 1. The van der Waals surface area contributed by atoms with E-state index in [9.17, 15) is 4.79 Å². The maximum absolute atomic E-state index is 12.2. The van der Waals surface area contributed by atoms with Crippen molar-refractivity contribution in [2.24, 2.45) is 0 Å². The predicted octanol–water partition coefficient (Wildman–Crippen LogP) is 5.80. The van der Waals surface area contributed by atoms with Crippen molar-refractivity contribution in [1.82, 2.24) is 4.98 Å². The molecule has 3 nitrogen and oxygen atoms in total. The van der Waals surface area contributed by atoms with E-state index in [0.717, 1.165) is 15.1 Å². The van der Waals surface area contributed by atoms with E-state index in [0.29, 0.717) is 21.8 Å². The number of thiazole rings is 1. The number of nitrogens with zero attached hydrogens (tertiary/aromatic N) is 1. The second-order valence-electron chi connectivity index (χ2n) is 5.66. The number of hydrogen-bond donors (Lipinski definition) is 1. The van der Waals surface area contributed by atoms with E-state index in [2.05, 4.69) is 30.2 Å². The van der Waals surface area contributed by atoms with E-state index in [1.54, 1.807) is 0 Å². The van der Waals surface area contributed by atoms with Crippen LogP contribution < -0.4 is 5.32 Å². The fourth-order valence-corrected chi connectivity index (χ4v) is 4.07. The zero-order valence-corrected chi connectivity index (χ0v) is 15.8. The van der Waals surface area contributed by atoms with Crippen molar-refractivity contribution in [1.29, 1.82) is 0 Å². The molecule has 1 N–H and O–H groups in total. The number of hydrogen-bond acceptors (Lipinski definition) is 4. The van der Waals surface area contributed by atoms with Gasteiger partial charge >= 0.3 is 0 Å². The third-order valence-electron chi connectivity index (χ3n) is 3.50. The van der Waals surface area contributed by atoms with Crippen molar-refractivity contribution >= 4 is 56.0 Å². The fourth-order valence-electron chi connectivity index (χ4n) is 2.32. The lowest BCUT2D eigenvalue weighted by molar-refractivity contribution is -0.113. The van der Waals surface area contributed by atoms with Crippen LogP contribution >= 0.6 is 34.7 Å². The van der Waals surface area contributed by atoms with Crippen molar-refractivity contribution in [2.45, 2.75) is 24.7 Å². The minimum atomic E-state index is -0.0555. The molecule has 1 amide bonds. The van der Waals surface area contributed by atoms with Crippen molar-refractivity contribution in [3.05, 3.63) is 53.1 Å². The Bertz CT molecular complexity index is 859. The number of halogens is 1. The molecule has 0 atom stereocenters.